The molecule has 9 heteroatoms. The Morgan fingerprint density at radius 2 is 1.81 bits per heavy atom. The molecule has 31 heavy (non-hydrogen) atoms. The van der Waals surface area contributed by atoms with Crippen molar-refractivity contribution in [2.45, 2.75) is 45.4 Å². The summed E-state index contributed by atoms with van der Waals surface area (Å²) >= 11 is 0. The van der Waals surface area contributed by atoms with Crippen LogP contribution in [0.25, 0.3) is 0 Å². The molecule has 0 aliphatic carbocycles. The number of benzene rings is 1. The van der Waals surface area contributed by atoms with E-state index in [-0.39, 0.29) is 28.0 Å². The molecular formula is C22H36N4O4S. The average molecular weight is 453 g/mol. The van der Waals surface area contributed by atoms with Gasteiger partial charge in [0.25, 0.3) is 0 Å². The third kappa shape index (κ3) is 7.02. The summed E-state index contributed by atoms with van der Waals surface area (Å²) < 4.78 is 27.8. The second-order valence-electron chi connectivity index (χ2n) is 9.46. The lowest BCUT2D eigenvalue weighted by Gasteiger charge is -2.32. The Morgan fingerprint density at radius 1 is 1.19 bits per heavy atom. The highest BCUT2D eigenvalue weighted by molar-refractivity contribution is 7.89. The molecule has 2 N–H and O–H groups in total. The van der Waals surface area contributed by atoms with E-state index in [1.165, 1.54) is 17.3 Å². The predicted molar refractivity (Wildman–Crippen MR) is 122 cm³/mol. The van der Waals surface area contributed by atoms with Crippen LogP contribution in [0.4, 0.5) is 5.69 Å². The van der Waals surface area contributed by atoms with Crippen LogP contribution < -0.4 is 10.6 Å². The first-order chi connectivity index (χ1) is 14.3. The Balaban J connectivity index is 2.00. The number of amides is 2. The maximum Gasteiger partial charge on any atom is 0.243 e. The molecule has 0 unspecified atom stereocenters. The number of nitrogens with one attached hydrogen (secondary N) is 2. The van der Waals surface area contributed by atoms with E-state index >= 15 is 0 Å². The highest BCUT2D eigenvalue weighted by Crippen LogP contribution is 2.28. The first-order valence-corrected chi connectivity index (χ1v) is 12.1. The van der Waals surface area contributed by atoms with Gasteiger partial charge in [-0.3, -0.25) is 9.59 Å². The van der Waals surface area contributed by atoms with Crippen LogP contribution >= 0.6 is 0 Å². The van der Waals surface area contributed by atoms with Gasteiger partial charge in [-0.15, -0.1) is 0 Å². The quantitative estimate of drug-likeness (QED) is 0.629. The summed E-state index contributed by atoms with van der Waals surface area (Å²) in [6.07, 6.45) is 0.979. The van der Waals surface area contributed by atoms with Crippen molar-refractivity contribution in [1.29, 1.82) is 0 Å². The van der Waals surface area contributed by atoms with E-state index in [1.807, 2.05) is 14.1 Å². The maximum absolute atomic E-state index is 13.2. The molecule has 0 aromatic heterocycles. The lowest BCUT2D eigenvalue weighted by molar-refractivity contribution is -0.126. The molecule has 0 radical (unpaired) electrons. The van der Waals surface area contributed by atoms with E-state index < -0.39 is 10.0 Å². The lowest BCUT2D eigenvalue weighted by atomic mass is 9.91. The number of nitrogens with zero attached hydrogens (tertiary/aromatic N) is 2. The lowest BCUT2D eigenvalue weighted by Crippen LogP contribution is -2.46. The zero-order chi connectivity index (χ0) is 23.4. The topological polar surface area (TPSA) is 98.8 Å². The molecule has 0 bridgehead atoms. The second-order valence-corrected chi connectivity index (χ2v) is 11.4. The Bertz CT molecular complexity index is 904. The number of aryl methyl sites for hydroxylation is 1. The Hall–Kier alpha value is -1.97. The second kappa shape index (κ2) is 10.1. The predicted octanol–water partition coefficient (Wildman–Crippen LogP) is 2.06. The fourth-order valence-electron chi connectivity index (χ4n) is 4.04. The standard InChI is InChI=1S/C22H36N4O4S/c1-16-7-8-19(24-17(2)27)13-20(16)31(29,30)26-11-9-18(10-12-26)21(28)23-14-22(3,4)15-25(5)6/h7-8,13,18H,9-12,14-15H2,1-6H3,(H,23,28)(H,24,27). The molecule has 1 aliphatic rings. The van der Waals surface area contributed by atoms with E-state index in [2.05, 4.69) is 29.4 Å². The molecule has 0 spiro atoms. The number of hydrogen-bond donors (Lipinski definition) is 2. The average Bonchev–Trinajstić information content (AvgIpc) is 2.66. The van der Waals surface area contributed by atoms with Crippen molar-refractivity contribution in [3.05, 3.63) is 23.8 Å². The molecule has 8 nitrogen and oxygen atoms in total. The molecule has 2 amide bonds. The van der Waals surface area contributed by atoms with E-state index in [9.17, 15) is 18.0 Å². The SMILES string of the molecule is CC(=O)Nc1ccc(C)c(S(=O)(=O)N2CCC(C(=O)NCC(C)(C)CN(C)C)CC2)c1. The number of carbonyl (C=O) groups excluding carboxylic acids is 2. The number of rotatable bonds is 8. The van der Waals surface area contributed by atoms with Gasteiger partial charge in [0.15, 0.2) is 0 Å². The van der Waals surface area contributed by atoms with Crippen LogP contribution in [0.15, 0.2) is 23.1 Å². The molecule has 0 saturated carbocycles. The summed E-state index contributed by atoms with van der Waals surface area (Å²) in [5, 5.41) is 5.67. The zero-order valence-electron chi connectivity index (χ0n) is 19.5. The van der Waals surface area contributed by atoms with E-state index in [0.29, 0.717) is 43.7 Å². The molecule has 2 rings (SSSR count). The molecule has 1 saturated heterocycles. The van der Waals surface area contributed by atoms with Gasteiger partial charge in [-0.25, -0.2) is 8.42 Å². The van der Waals surface area contributed by atoms with Crippen molar-refractivity contribution in [3.63, 3.8) is 0 Å². The first-order valence-electron chi connectivity index (χ1n) is 10.6. The molecule has 174 valence electrons. The molecule has 1 fully saturated rings. The van der Waals surface area contributed by atoms with Crippen molar-refractivity contribution in [2.75, 3.05) is 45.6 Å². The van der Waals surface area contributed by atoms with Crippen LogP contribution in [0.3, 0.4) is 0 Å². The summed E-state index contributed by atoms with van der Waals surface area (Å²) in [7, 11) is 0.310. The molecule has 0 atom stereocenters. The third-order valence-electron chi connectivity index (χ3n) is 5.44. The number of anilines is 1. The number of hydrogen-bond acceptors (Lipinski definition) is 5. The van der Waals surface area contributed by atoms with Gasteiger partial charge in [0.1, 0.15) is 0 Å². The molecule has 1 aromatic carbocycles. The van der Waals surface area contributed by atoms with Gasteiger partial charge in [0.2, 0.25) is 21.8 Å². The summed E-state index contributed by atoms with van der Waals surface area (Å²) in [6, 6.07) is 4.87. The van der Waals surface area contributed by atoms with Crippen LogP contribution in [0.1, 0.15) is 39.2 Å². The van der Waals surface area contributed by atoms with Gasteiger partial charge < -0.3 is 15.5 Å². The number of piperidine rings is 1. The third-order valence-corrected chi connectivity index (χ3v) is 7.48. The van der Waals surface area contributed by atoms with Crippen molar-refractivity contribution >= 4 is 27.5 Å². The first kappa shape index (κ1) is 25.3. The Kier molecular flexibility index (Phi) is 8.24. The Morgan fingerprint density at radius 3 is 2.35 bits per heavy atom. The summed E-state index contributed by atoms with van der Waals surface area (Å²) in [4.78, 5) is 26.2. The largest absolute Gasteiger partial charge is 0.355 e. The van der Waals surface area contributed by atoms with Crippen LogP contribution in [0, 0.1) is 18.3 Å². The van der Waals surface area contributed by atoms with Crippen molar-refractivity contribution in [1.82, 2.24) is 14.5 Å². The number of sulfonamides is 1. The minimum Gasteiger partial charge on any atom is -0.355 e. The van der Waals surface area contributed by atoms with Crippen LogP contribution in [-0.2, 0) is 19.6 Å². The monoisotopic (exact) mass is 452 g/mol. The van der Waals surface area contributed by atoms with Crippen molar-refractivity contribution in [2.24, 2.45) is 11.3 Å². The fourth-order valence-corrected chi connectivity index (χ4v) is 5.76. The molecule has 1 aromatic rings. The maximum atomic E-state index is 13.2. The van der Waals surface area contributed by atoms with Gasteiger partial charge in [0, 0.05) is 44.7 Å². The van der Waals surface area contributed by atoms with Crippen LogP contribution in [0.5, 0.6) is 0 Å². The normalized spacial score (nSPS) is 16.4. The molecule has 1 heterocycles. The Labute approximate surface area is 186 Å². The van der Waals surface area contributed by atoms with E-state index in [4.69, 9.17) is 0 Å². The van der Waals surface area contributed by atoms with Crippen LogP contribution in [0.2, 0.25) is 0 Å². The minimum absolute atomic E-state index is 0.00675. The smallest absolute Gasteiger partial charge is 0.243 e. The highest BCUT2D eigenvalue weighted by atomic mass is 32.2. The number of carbonyl (C=O) groups is 2. The van der Waals surface area contributed by atoms with Gasteiger partial charge in [-0.1, -0.05) is 19.9 Å². The molecular weight excluding hydrogens is 416 g/mol. The van der Waals surface area contributed by atoms with Gasteiger partial charge in [-0.2, -0.15) is 4.31 Å². The van der Waals surface area contributed by atoms with Gasteiger partial charge in [-0.05, 0) is 57.0 Å². The molecule has 1 aliphatic heterocycles. The van der Waals surface area contributed by atoms with Crippen LogP contribution in [-0.4, -0.2) is 69.7 Å². The van der Waals surface area contributed by atoms with Crippen molar-refractivity contribution in [3.8, 4) is 0 Å². The van der Waals surface area contributed by atoms with E-state index in [1.54, 1.807) is 19.1 Å². The minimum atomic E-state index is -3.70. The van der Waals surface area contributed by atoms with Gasteiger partial charge in [0.05, 0.1) is 4.90 Å². The zero-order valence-corrected chi connectivity index (χ0v) is 20.3. The van der Waals surface area contributed by atoms with Crippen molar-refractivity contribution < 1.29 is 18.0 Å². The van der Waals surface area contributed by atoms with E-state index in [0.717, 1.165) is 6.54 Å². The van der Waals surface area contributed by atoms with Gasteiger partial charge >= 0.3 is 0 Å². The highest BCUT2D eigenvalue weighted by Gasteiger charge is 2.33. The fraction of sp³-hybridized carbons (Fsp3) is 0.636. The summed E-state index contributed by atoms with van der Waals surface area (Å²) in [6.45, 7) is 9.38. The summed E-state index contributed by atoms with van der Waals surface area (Å²) in [5.74, 6) is -0.450. The summed E-state index contributed by atoms with van der Waals surface area (Å²) in [5.41, 5.74) is 1.03.